The minimum Gasteiger partial charge on any atom is -0.284 e. The van der Waals surface area contributed by atoms with E-state index in [9.17, 15) is 9.18 Å². The lowest BCUT2D eigenvalue weighted by Crippen LogP contribution is -2.54. The zero-order valence-corrected chi connectivity index (χ0v) is 11.7. The molecule has 1 aliphatic heterocycles. The Hall–Kier alpha value is -1.42. The second-order valence-electron chi connectivity index (χ2n) is 5.41. The van der Waals surface area contributed by atoms with Crippen LogP contribution in [0.3, 0.4) is 0 Å². The molecule has 1 heterocycles. The molecule has 1 aromatic carbocycles. The van der Waals surface area contributed by atoms with Gasteiger partial charge in [0.1, 0.15) is 5.82 Å². The third-order valence-corrected chi connectivity index (χ3v) is 3.86. The number of carbonyl (C=O) groups excluding carboxylic acids is 1. The molecule has 2 rings (SSSR count). The van der Waals surface area contributed by atoms with Gasteiger partial charge in [-0.05, 0) is 45.2 Å². The van der Waals surface area contributed by atoms with E-state index in [4.69, 9.17) is 0 Å². The number of hydrogen-bond acceptors (Lipinski definition) is 2. The number of amides is 1. The Morgan fingerprint density at radius 2 is 1.95 bits per heavy atom. The molecule has 1 fully saturated rings. The molecule has 0 radical (unpaired) electrons. The van der Waals surface area contributed by atoms with E-state index in [2.05, 4.69) is 19.3 Å². The number of aryl methyl sites for hydroxylation is 1. The number of nitrogens with one attached hydrogen (secondary N) is 1. The van der Waals surface area contributed by atoms with Gasteiger partial charge in [0.05, 0.1) is 5.56 Å². The number of rotatable bonds is 2. The summed E-state index contributed by atoms with van der Waals surface area (Å²) in [6.45, 7) is 5.84. The molecule has 104 valence electrons. The van der Waals surface area contributed by atoms with Gasteiger partial charge in [0, 0.05) is 12.1 Å². The van der Waals surface area contributed by atoms with Gasteiger partial charge < -0.3 is 0 Å². The van der Waals surface area contributed by atoms with Gasteiger partial charge in [0.25, 0.3) is 5.91 Å². The number of benzene rings is 1. The monoisotopic (exact) mass is 264 g/mol. The van der Waals surface area contributed by atoms with Crippen LogP contribution < -0.4 is 5.43 Å². The van der Waals surface area contributed by atoms with Crippen LogP contribution in [0.4, 0.5) is 4.39 Å². The topological polar surface area (TPSA) is 32.3 Å². The zero-order chi connectivity index (χ0) is 14.0. The predicted octanol–water partition coefficient (Wildman–Crippen LogP) is 3.04. The summed E-state index contributed by atoms with van der Waals surface area (Å²) >= 11 is 0. The summed E-state index contributed by atoms with van der Waals surface area (Å²) in [5.41, 5.74) is 3.47. The lowest BCUT2D eigenvalue weighted by atomic mass is 10.00. The molecule has 2 unspecified atom stereocenters. The fourth-order valence-corrected chi connectivity index (χ4v) is 2.64. The summed E-state index contributed by atoms with van der Waals surface area (Å²) in [7, 11) is 0. The van der Waals surface area contributed by atoms with Crippen molar-refractivity contribution in [3.8, 4) is 0 Å². The van der Waals surface area contributed by atoms with Crippen LogP contribution in [0.5, 0.6) is 0 Å². The fraction of sp³-hybridized carbons (Fsp3) is 0.533. The van der Waals surface area contributed by atoms with Crippen molar-refractivity contribution < 1.29 is 9.18 Å². The van der Waals surface area contributed by atoms with Gasteiger partial charge in [-0.2, -0.15) is 0 Å². The van der Waals surface area contributed by atoms with Crippen molar-refractivity contribution in [3.05, 3.63) is 35.1 Å². The molecule has 4 heteroatoms. The van der Waals surface area contributed by atoms with Crippen LogP contribution in [0.15, 0.2) is 18.2 Å². The van der Waals surface area contributed by atoms with Crippen molar-refractivity contribution in [2.75, 3.05) is 0 Å². The van der Waals surface area contributed by atoms with Crippen molar-refractivity contribution in [2.24, 2.45) is 0 Å². The minimum atomic E-state index is -0.433. The molecule has 0 spiro atoms. The fourth-order valence-electron chi connectivity index (χ4n) is 2.64. The largest absolute Gasteiger partial charge is 0.284 e. The molecule has 0 bridgehead atoms. The normalized spacial score (nSPS) is 24.2. The average molecular weight is 264 g/mol. The first-order chi connectivity index (χ1) is 9.00. The van der Waals surface area contributed by atoms with Crippen LogP contribution in [0, 0.1) is 12.7 Å². The van der Waals surface area contributed by atoms with E-state index >= 15 is 0 Å². The van der Waals surface area contributed by atoms with E-state index in [1.165, 1.54) is 12.5 Å². The molecule has 3 nitrogen and oxygen atoms in total. The summed E-state index contributed by atoms with van der Waals surface area (Å²) in [6.07, 6.45) is 3.29. The molecule has 19 heavy (non-hydrogen) atoms. The first-order valence-electron chi connectivity index (χ1n) is 6.85. The second kappa shape index (κ2) is 5.70. The number of halogens is 1. The third-order valence-electron chi connectivity index (χ3n) is 3.86. The number of hydrogen-bond donors (Lipinski definition) is 1. The molecule has 1 saturated heterocycles. The van der Waals surface area contributed by atoms with Crippen molar-refractivity contribution in [3.63, 3.8) is 0 Å². The Morgan fingerprint density at radius 3 is 2.58 bits per heavy atom. The van der Waals surface area contributed by atoms with E-state index in [-0.39, 0.29) is 11.5 Å². The van der Waals surface area contributed by atoms with Crippen molar-refractivity contribution in [2.45, 2.75) is 52.1 Å². The maximum atomic E-state index is 13.9. The first-order valence-corrected chi connectivity index (χ1v) is 6.85. The molecule has 0 saturated carbocycles. The van der Waals surface area contributed by atoms with E-state index in [0.717, 1.165) is 12.8 Å². The van der Waals surface area contributed by atoms with E-state index in [1.54, 1.807) is 19.1 Å². The second-order valence-corrected chi connectivity index (χ2v) is 5.41. The van der Waals surface area contributed by atoms with Crippen LogP contribution in [-0.4, -0.2) is 23.0 Å². The van der Waals surface area contributed by atoms with Gasteiger partial charge in [0.2, 0.25) is 0 Å². The Labute approximate surface area is 113 Å². The molecule has 1 aliphatic rings. The van der Waals surface area contributed by atoms with Gasteiger partial charge >= 0.3 is 0 Å². The highest BCUT2D eigenvalue weighted by Crippen LogP contribution is 2.21. The number of nitrogens with zero attached hydrogens (tertiary/aromatic N) is 1. The Morgan fingerprint density at radius 1 is 1.32 bits per heavy atom. The van der Waals surface area contributed by atoms with Crippen molar-refractivity contribution in [1.29, 1.82) is 0 Å². The molecule has 1 amide bonds. The van der Waals surface area contributed by atoms with E-state index < -0.39 is 5.82 Å². The highest BCUT2D eigenvalue weighted by molar-refractivity contribution is 5.94. The summed E-state index contributed by atoms with van der Waals surface area (Å²) in [4.78, 5) is 12.2. The Kier molecular flexibility index (Phi) is 4.20. The van der Waals surface area contributed by atoms with Crippen LogP contribution in [0.2, 0.25) is 0 Å². The van der Waals surface area contributed by atoms with Gasteiger partial charge in [-0.25, -0.2) is 9.40 Å². The van der Waals surface area contributed by atoms with Crippen LogP contribution in [0.25, 0.3) is 0 Å². The van der Waals surface area contributed by atoms with Gasteiger partial charge in [-0.3, -0.25) is 10.2 Å². The molecule has 1 aromatic rings. The van der Waals surface area contributed by atoms with Crippen LogP contribution in [-0.2, 0) is 0 Å². The number of carbonyl (C=O) groups is 1. The molecule has 1 N–H and O–H groups in total. The molecule has 2 atom stereocenters. The summed E-state index contributed by atoms with van der Waals surface area (Å²) < 4.78 is 13.9. The average Bonchev–Trinajstić information content (AvgIpc) is 2.37. The summed E-state index contributed by atoms with van der Waals surface area (Å²) in [6, 6.07) is 5.48. The van der Waals surface area contributed by atoms with E-state index in [1.807, 2.05) is 5.01 Å². The van der Waals surface area contributed by atoms with Crippen LogP contribution in [0.1, 0.15) is 49.0 Å². The smallest absolute Gasteiger partial charge is 0.268 e. The Bertz CT molecular complexity index is 465. The molecular weight excluding hydrogens is 243 g/mol. The Balaban J connectivity index is 2.14. The number of piperidine rings is 1. The lowest BCUT2D eigenvalue weighted by molar-refractivity contribution is 0.0367. The lowest BCUT2D eigenvalue weighted by Gasteiger charge is -2.38. The zero-order valence-electron chi connectivity index (χ0n) is 11.7. The third kappa shape index (κ3) is 2.95. The highest BCUT2D eigenvalue weighted by Gasteiger charge is 2.27. The van der Waals surface area contributed by atoms with Gasteiger partial charge in [-0.15, -0.1) is 0 Å². The molecular formula is C15H21FN2O. The SMILES string of the molecule is Cc1cccc(C(=O)NN2C(C)CCCC2C)c1F. The van der Waals surface area contributed by atoms with Crippen LogP contribution >= 0.6 is 0 Å². The maximum Gasteiger partial charge on any atom is 0.268 e. The van der Waals surface area contributed by atoms with Gasteiger partial charge in [-0.1, -0.05) is 18.6 Å². The molecule has 0 aromatic heterocycles. The summed E-state index contributed by atoms with van der Waals surface area (Å²) in [5, 5.41) is 1.95. The summed E-state index contributed by atoms with van der Waals surface area (Å²) in [5.74, 6) is -0.792. The highest BCUT2D eigenvalue weighted by atomic mass is 19.1. The van der Waals surface area contributed by atoms with Gasteiger partial charge in [0.15, 0.2) is 0 Å². The minimum absolute atomic E-state index is 0.116. The van der Waals surface area contributed by atoms with Crippen molar-refractivity contribution in [1.82, 2.24) is 10.4 Å². The quantitative estimate of drug-likeness (QED) is 0.890. The maximum absolute atomic E-state index is 13.9. The standard InChI is InChI=1S/C15H21FN2O/c1-10-6-4-9-13(14(10)16)15(19)17-18-11(2)7-5-8-12(18)3/h4,6,9,11-12H,5,7-8H2,1-3H3,(H,17,19). The first kappa shape index (κ1) is 14.0. The predicted molar refractivity (Wildman–Crippen MR) is 73.2 cm³/mol. The number of hydrazine groups is 1. The van der Waals surface area contributed by atoms with E-state index in [0.29, 0.717) is 17.6 Å². The van der Waals surface area contributed by atoms with Crippen molar-refractivity contribution >= 4 is 5.91 Å². The molecule has 0 aliphatic carbocycles.